The number of nitrogens with one attached hydrogen (secondary N) is 1. The third kappa shape index (κ3) is 2.36. The first kappa shape index (κ1) is 12.2. The zero-order valence-corrected chi connectivity index (χ0v) is 11.9. The maximum atomic E-state index is 12.3. The van der Waals surface area contributed by atoms with Gasteiger partial charge >= 0.3 is 0 Å². The Kier molecular flexibility index (Phi) is 3.25. The third-order valence-corrected chi connectivity index (χ3v) is 3.61. The molecule has 0 aliphatic carbocycles. The zero-order valence-electron chi connectivity index (χ0n) is 10.3. The van der Waals surface area contributed by atoms with Crippen molar-refractivity contribution in [3.8, 4) is 0 Å². The minimum absolute atomic E-state index is 0.111. The van der Waals surface area contributed by atoms with E-state index in [2.05, 4.69) is 21.2 Å². The fraction of sp³-hybridized carbons (Fsp3) is 0.133. The van der Waals surface area contributed by atoms with E-state index in [-0.39, 0.29) is 5.91 Å². The molecular formula is C15H13BrN2O. The predicted molar refractivity (Wildman–Crippen MR) is 80.8 cm³/mol. The van der Waals surface area contributed by atoms with Crippen LogP contribution in [-0.2, 0) is 4.79 Å². The van der Waals surface area contributed by atoms with Crippen LogP contribution >= 0.6 is 15.9 Å². The molecule has 96 valence electrons. The van der Waals surface area contributed by atoms with E-state index in [1.807, 2.05) is 48.5 Å². The normalized spacial score (nSPS) is 14.6. The first-order valence-electron chi connectivity index (χ1n) is 6.17. The molecule has 1 amide bonds. The molecule has 1 heterocycles. The number of carbonyl (C=O) groups is 1. The number of para-hydroxylation sites is 1. The number of amides is 1. The van der Waals surface area contributed by atoms with E-state index in [1.54, 1.807) is 4.90 Å². The molecule has 0 atom stereocenters. The molecule has 2 aromatic rings. The van der Waals surface area contributed by atoms with Crippen molar-refractivity contribution in [1.29, 1.82) is 0 Å². The molecule has 1 N–H and O–H groups in total. The van der Waals surface area contributed by atoms with Crippen LogP contribution in [0.25, 0.3) is 0 Å². The molecule has 2 aromatic carbocycles. The monoisotopic (exact) mass is 316 g/mol. The summed E-state index contributed by atoms with van der Waals surface area (Å²) in [4.78, 5) is 14.1. The van der Waals surface area contributed by atoms with Gasteiger partial charge in [0.05, 0.1) is 11.4 Å². The molecule has 0 saturated heterocycles. The second-order valence-electron chi connectivity index (χ2n) is 4.40. The number of hydrogen-bond donors (Lipinski definition) is 1. The number of hydrogen-bond acceptors (Lipinski definition) is 2. The first-order chi connectivity index (χ1) is 9.25. The lowest BCUT2D eigenvalue weighted by atomic mass is 10.2. The first-order valence-corrected chi connectivity index (χ1v) is 6.96. The van der Waals surface area contributed by atoms with Crippen molar-refractivity contribution in [3.63, 3.8) is 0 Å². The molecule has 1 aliphatic rings. The summed E-state index contributed by atoms with van der Waals surface area (Å²) in [5.41, 5.74) is 2.78. The summed E-state index contributed by atoms with van der Waals surface area (Å²) in [6.45, 7) is 0.658. The summed E-state index contributed by atoms with van der Waals surface area (Å²) in [6.07, 6.45) is 0.487. The van der Waals surface area contributed by atoms with Gasteiger partial charge in [-0.05, 0) is 30.3 Å². The summed E-state index contributed by atoms with van der Waals surface area (Å²) in [6, 6.07) is 15.7. The molecule has 0 fully saturated rings. The quantitative estimate of drug-likeness (QED) is 0.864. The molecule has 3 nitrogen and oxygen atoms in total. The van der Waals surface area contributed by atoms with Gasteiger partial charge in [-0.25, -0.2) is 0 Å². The van der Waals surface area contributed by atoms with Crippen molar-refractivity contribution in [2.24, 2.45) is 0 Å². The maximum Gasteiger partial charge on any atom is 0.233 e. The van der Waals surface area contributed by atoms with Gasteiger partial charge < -0.3 is 5.32 Å². The lowest BCUT2D eigenvalue weighted by Crippen LogP contribution is -2.24. The molecule has 0 bridgehead atoms. The van der Waals surface area contributed by atoms with Crippen LogP contribution in [0.4, 0.5) is 17.1 Å². The van der Waals surface area contributed by atoms with Crippen molar-refractivity contribution in [2.75, 3.05) is 16.8 Å². The van der Waals surface area contributed by atoms with Crippen LogP contribution in [0, 0.1) is 0 Å². The smallest absolute Gasteiger partial charge is 0.233 e. The topological polar surface area (TPSA) is 32.3 Å². The minimum Gasteiger partial charge on any atom is -0.383 e. The van der Waals surface area contributed by atoms with E-state index in [1.165, 1.54) is 0 Å². The van der Waals surface area contributed by atoms with Crippen LogP contribution in [0.1, 0.15) is 6.42 Å². The summed E-state index contributed by atoms with van der Waals surface area (Å²) in [5, 5.41) is 3.30. The van der Waals surface area contributed by atoms with Crippen molar-refractivity contribution < 1.29 is 4.79 Å². The predicted octanol–water partition coefficient (Wildman–Crippen LogP) is 3.93. The molecule has 1 aliphatic heterocycles. The fourth-order valence-electron chi connectivity index (χ4n) is 2.26. The van der Waals surface area contributed by atoms with Gasteiger partial charge in [0.1, 0.15) is 0 Å². The van der Waals surface area contributed by atoms with Gasteiger partial charge in [0.25, 0.3) is 0 Å². The van der Waals surface area contributed by atoms with Crippen molar-refractivity contribution in [2.45, 2.75) is 6.42 Å². The van der Waals surface area contributed by atoms with Crippen LogP contribution < -0.4 is 10.2 Å². The summed E-state index contributed by atoms with van der Waals surface area (Å²) in [5.74, 6) is 0.111. The minimum atomic E-state index is 0.111. The van der Waals surface area contributed by atoms with Gasteiger partial charge in [-0.15, -0.1) is 0 Å². The van der Waals surface area contributed by atoms with E-state index >= 15 is 0 Å². The Hall–Kier alpha value is -1.81. The molecule has 3 rings (SSSR count). The van der Waals surface area contributed by atoms with Gasteiger partial charge in [-0.2, -0.15) is 0 Å². The number of fused-ring (bicyclic) bond motifs is 1. The summed E-state index contributed by atoms with van der Waals surface area (Å²) in [7, 11) is 0. The van der Waals surface area contributed by atoms with Crippen LogP contribution in [0.2, 0.25) is 0 Å². The molecule has 0 saturated carbocycles. The van der Waals surface area contributed by atoms with Gasteiger partial charge in [0, 0.05) is 23.1 Å². The Bertz CT molecular complexity index is 613. The summed E-state index contributed by atoms with van der Waals surface area (Å²) >= 11 is 3.46. The number of halogens is 1. The molecule has 19 heavy (non-hydrogen) atoms. The highest BCUT2D eigenvalue weighted by atomic mass is 79.9. The van der Waals surface area contributed by atoms with E-state index in [0.717, 1.165) is 21.5 Å². The lowest BCUT2D eigenvalue weighted by molar-refractivity contribution is -0.117. The number of nitrogens with zero attached hydrogens (tertiary/aromatic N) is 1. The van der Waals surface area contributed by atoms with E-state index in [0.29, 0.717) is 13.0 Å². The Morgan fingerprint density at radius 1 is 1.11 bits per heavy atom. The molecular weight excluding hydrogens is 304 g/mol. The highest BCUT2D eigenvalue weighted by molar-refractivity contribution is 9.10. The number of benzene rings is 2. The van der Waals surface area contributed by atoms with Gasteiger partial charge in [-0.1, -0.05) is 34.1 Å². The van der Waals surface area contributed by atoms with Gasteiger partial charge in [-0.3, -0.25) is 9.69 Å². The average molecular weight is 317 g/mol. The highest BCUT2D eigenvalue weighted by Crippen LogP contribution is 2.36. The molecule has 0 radical (unpaired) electrons. The largest absolute Gasteiger partial charge is 0.383 e. The maximum absolute atomic E-state index is 12.3. The van der Waals surface area contributed by atoms with E-state index in [9.17, 15) is 4.79 Å². The Morgan fingerprint density at radius 2 is 1.89 bits per heavy atom. The standard InChI is InChI=1S/C15H13BrN2O/c16-11-6-7-14-13(10-11)17-9-8-15(19)18(14)12-4-2-1-3-5-12/h1-7,10,17H,8-9H2. The number of rotatable bonds is 1. The Balaban J connectivity index is 2.14. The van der Waals surface area contributed by atoms with Crippen LogP contribution in [0.3, 0.4) is 0 Å². The van der Waals surface area contributed by atoms with Crippen LogP contribution in [-0.4, -0.2) is 12.5 Å². The zero-order chi connectivity index (χ0) is 13.2. The number of carbonyl (C=O) groups excluding carboxylic acids is 1. The second kappa shape index (κ2) is 5.05. The Morgan fingerprint density at radius 3 is 2.68 bits per heavy atom. The second-order valence-corrected chi connectivity index (χ2v) is 5.32. The SMILES string of the molecule is O=C1CCNc2cc(Br)ccc2N1c1ccccc1. The molecule has 0 spiro atoms. The third-order valence-electron chi connectivity index (χ3n) is 3.12. The van der Waals surface area contributed by atoms with Crippen molar-refractivity contribution in [1.82, 2.24) is 0 Å². The highest BCUT2D eigenvalue weighted by Gasteiger charge is 2.23. The fourth-order valence-corrected chi connectivity index (χ4v) is 2.62. The van der Waals surface area contributed by atoms with Crippen molar-refractivity contribution >= 4 is 38.9 Å². The number of anilines is 3. The molecule has 0 unspecified atom stereocenters. The van der Waals surface area contributed by atoms with Crippen molar-refractivity contribution in [3.05, 3.63) is 53.0 Å². The molecule has 0 aromatic heterocycles. The lowest BCUT2D eigenvalue weighted by Gasteiger charge is -2.22. The van der Waals surface area contributed by atoms with E-state index < -0.39 is 0 Å². The summed E-state index contributed by atoms with van der Waals surface area (Å²) < 4.78 is 1.00. The average Bonchev–Trinajstić information content (AvgIpc) is 2.58. The Labute approximate surface area is 120 Å². The van der Waals surface area contributed by atoms with Crippen LogP contribution in [0.15, 0.2) is 53.0 Å². The van der Waals surface area contributed by atoms with Gasteiger partial charge in [0.2, 0.25) is 5.91 Å². The van der Waals surface area contributed by atoms with Gasteiger partial charge in [0.15, 0.2) is 0 Å². The molecule has 4 heteroatoms. The van der Waals surface area contributed by atoms with E-state index in [4.69, 9.17) is 0 Å². The van der Waals surface area contributed by atoms with Crippen LogP contribution in [0.5, 0.6) is 0 Å².